The molecule has 2 aliphatic heterocycles. The van der Waals surface area contributed by atoms with Gasteiger partial charge in [-0.3, -0.25) is 9.69 Å². The first-order valence-electron chi connectivity index (χ1n) is 13.9. The van der Waals surface area contributed by atoms with Crippen LogP contribution in [0.3, 0.4) is 0 Å². The lowest BCUT2D eigenvalue weighted by molar-refractivity contribution is -0.141. The highest BCUT2D eigenvalue weighted by Gasteiger charge is 2.38. The van der Waals surface area contributed by atoms with Crippen molar-refractivity contribution in [2.75, 3.05) is 39.9 Å². The first kappa shape index (κ1) is 29.0. The number of alkyl halides is 3. The molecule has 1 fully saturated rings. The summed E-state index contributed by atoms with van der Waals surface area (Å²) in [5.74, 6) is 0.800. The van der Waals surface area contributed by atoms with Gasteiger partial charge in [-0.25, -0.2) is 4.79 Å². The van der Waals surface area contributed by atoms with E-state index < -0.39 is 17.8 Å². The average molecular weight is 577 g/mol. The van der Waals surface area contributed by atoms with Crippen LogP contribution < -0.4 is 9.47 Å². The van der Waals surface area contributed by atoms with Crippen LogP contribution >= 0.6 is 0 Å². The van der Waals surface area contributed by atoms with Crippen LogP contribution in [0.1, 0.15) is 66.5 Å². The normalized spacial score (nSPS) is 20.4. The molecule has 41 heavy (non-hydrogen) atoms. The number of benzene rings is 2. The predicted octanol–water partition coefficient (Wildman–Crippen LogP) is 5.47. The molecule has 1 amide bonds. The van der Waals surface area contributed by atoms with Crippen molar-refractivity contribution in [2.45, 2.75) is 64.0 Å². The molecule has 2 aromatic carbocycles. The Balaban J connectivity index is 1.31. The monoisotopic (exact) mass is 576 g/mol. The molecule has 3 aliphatic rings. The van der Waals surface area contributed by atoms with Gasteiger partial charge < -0.3 is 23.8 Å². The Bertz CT molecular complexity index is 1290. The van der Waals surface area contributed by atoms with Crippen LogP contribution in [0.2, 0.25) is 0 Å². The molecule has 11 heteroatoms. The van der Waals surface area contributed by atoms with Gasteiger partial charge in [0.15, 0.2) is 0 Å². The molecule has 0 N–H and O–H groups in total. The summed E-state index contributed by atoms with van der Waals surface area (Å²) in [6, 6.07) is 8.16. The minimum absolute atomic E-state index is 0.0928. The third kappa shape index (κ3) is 6.39. The molecule has 2 heterocycles. The number of ether oxygens (including phenoxy) is 4. The second-order valence-corrected chi connectivity index (χ2v) is 11.0. The second kappa shape index (κ2) is 11.8. The smallest absolute Gasteiger partial charge is 0.416 e. The Morgan fingerprint density at radius 2 is 1.80 bits per heavy atom. The first-order valence-corrected chi connectivity index (χ1v) is 13.9. The molecule has 8 nitrogen and oxygen atoms in total. The van der Waals surface area contributed by atoms with Crippen LogP contribution in [0.4, 0.5) is 18.0 Å². The summed E-state index contributed by atoms with van der Waals surface area (Å²) < 4.78 is 64.4. The first-order chi connectivity index (χ1) is 19.5. The Morgan fingerprint density at radius 1 is 1.07 bits per heavy atom. The number of carbonyl (C=O) groups is 2. The number of piperazine rings is 1. The van der Waals surface area contributed by atoms with Crippen LogP contribution in [-0.4, -0.2) is 67.9 Å². The molecule has 2 atom stereocenters. The molecule has 0 aromatic heterocycles. The molecular formula is C30H35F3N2O6. The molecular weight excluding hydrogens is 541 g/mol. The zero-order chi connectivity index (χ0) is 29.3. The summed E-state index contributed by atoms with van der Waals surface area (Å²) in [6.45, 7) is 5.79. The molecule has 0 spiro atoms. The minimum atomic E-state index is -4.48. The number of rotatable bonds is 7. The van der Waals surface area contributed by atoms with Crippen LogP contribution in [-0.2, 0) is 33.4 Å². The minimum Gasteiger partial charge on any atom is -0.492 e. The van der Waals surface area contributed by atoms with Gasteiger partial charge in [0.2, 0.25) is 0 Å². The van der Waals surface area contributed by atoms with Crippen molar-refractivity contribution in [3.05, 3.63) is 58.1 Å². The Labute approximate surface area is 237 Å². The summed E-state index contributed by atoms with van der Waals surface area (Å²) in [4.78, 5) is 27.5. The molecule has 0 radical (unpaired) electrons. The highest BCUT2D eigenvalue weighted by Crippen LogP contribution is 2.44. The molecule has 5 rings (SSSR count). The number of amides is 1. The lowest BCUT2D eigenvalue weighted by Gasteiger charge is -2.35. The van der Waals surface area contributed by atoms with Gasteiger partial charge in [0.05, 0.1) is 31.8 Å². The number of esters is 1. The average Bonchev–Trinajstić information content (AvgIpc) is 3.52. The third-order valence-corrected chi connectivity index (χ3v) is 7.91. The number of methoxy groups -OCH3 is 1. The van der Waals surface area contributed by atoms with Crippen LogP contribution in [0.5, 0.6) is 11.5 Å². The molecule has 1 aliphatic carbocycles. The van der Waals surface area contributed by atoms with Crippen molar-refractivity contribution < 1.29 is 41.7 Å². The van der Waals surface area contributed by atoms with Gasteiger partial charge in [-0.05, 0) is 55.5 Å². The third-order valence-electron chi connectivity index (χ3n) is 7.91. The fourth-order valence-corrected chi connectivity index (χ4v) is 5.84. The number of hydrogen-bond donors (Lipinski definition) is 0. The van der Waals surface area contributed by atoms with Crippen LogP contribution in [0.25, 0.3) is 0 Å². The lowest BCUT2D eigenvalue weighted by Crippen LogP contribution is -2.49. The summed E-state index contributed by atoms with van der Waals surface area (Å²) in [5.41, 5.74) is 2.01. The van der Waals surface area contributed by atoms with Crippen molar-refractivity contribution in [2.24, 2.45) is 0 Å². The van der Waals surface area contributed by atoms with Gasteiger partial charge >= 0.3 is 18.2 Å². The maximum atomic E-state index is 14.1. The topological polar surface area (TPSA) is 77.5 Å². The number of fused-ring (bicyclic) bond motifs is 2. The Hall–Kier alpha value is -3.47. The molecule has 1 saturated heterocycles. The van der Waals surface area contributed by atoms with E-state index in [2.05, 4.69) is 0 Å². The van der Waals surface area contributed by atoms with E-state index in [1.54, 1.807) is 24.8 Å². The zero-order valence-corrected chi connectivity index (χ0v) is 23.5. The van der Waals surface area contributed by atoms with Gasteiger partial charge in [0.1, 0.15) is 17.6 Å². The van der Waals surface area contributed by atoms with Crippen molar-refractivity contribution in [3.8, 4) is 11.5 Å². The van der Waals surface area contributed by atoms with Crippen molar-refractivity contribution in [3.63, 3.8) is 0 Å². The molecule has 2 aromatic rings. The Morgan fingerprint density at radius 3 is 2.49 bits per heavy atom. The highest BCUT2D eigenvalue weighted by atomic mass is 19.4. The van der Waals surface area contributed by atoms with E-state index in [1.807, 2.05) is 17.0 Å². The predicted molar refractivity (Wildman–Crippen MR) is 143 cm³/mol. The summed E-state index contributed by atoms with van der Waals surface area (Å²) >= 11 is 0. The fraction of sp³-hybridized carbons (Fsp3) is 0.533. The van der Waals surface area contributed by atoms with E-state index >= 15 is 0 Å². The highest BCUT2D eigenvalue weighted by molar-refractivity contribution is 5.71. The summed E-state index contributed by atoms with van der Waals surface area (Å²) in [6.07, 6.45) is -4.24. The number of nitrogens with zero attached hydrogens (tertiary/aromatic N) is 2. The number of carbonyl (C=O) groups excluding carboxylic acids is 2. The fourth-order valence-electron chi connectivity index (χ4n) is 5.84. The van der Waals surface area contributed by atoms with Crippen molar-refractivity contribution in [1.82, 2.24) is 9.80 Å². The van der Waals surface area contributed by atoms with E-state index in [1.165, 1.54) is 13.2 Å². The number of hydrogen-bond acceptors (Lipinski definition) is 7. The SMILES string of the molecule is COC(=O)CC1COc2cc(O[C@@H]3CCc4c3ccc(C(F)(F)F)c4CN3CCN(C(=O)OC(C)C)CC3)ccc21. The van der Waals surface area contributed by atoms with Gasteiger partial charge in [0.25, 0.3) is 0 Å². The summed E-state index contributed by atoms with van der Waals surface area (Å²) in [5, 5.41) is 0. The van der Waals surface area contributed by atoms with E-state index in [4.69, 9.17) is 18.9 Å². The van der Waals surface area contributed by atoms with E-state index in [9.17, 15) is 22.8 Å². The maximum absolute atomic E-state index is 14.1. The van der Waals surface area contributed by atoms with Crippen molar-refractivity contribution in [1.29, 1.82) is 0 Å². The maximum Gasteiger partial charge on any atom is 0.416 e. The van der Waals surface area contributed by atoms with Gasteiger partial charge in [-0.1, -0.05) is 12.1 Å². The largest absolute Gasteiger partial charge is 0.492 e. The standard InChI is InChI=1S/C30H35F3N2O6/c1-18(2)40-29(37)35-12-10-34(11-13-35)16-24-22-7-9-26(23(22)6-8-25(24)30(31,32)33)41-20-4-5-21-19(14-28(36)38-3)17-39-27(21)15-20/h4-6,8,15,18-19,26H,7,9-14,16-17H2,1-3H3/t19?,26-/m1/s1. The van der Waals surface area contributed by atoms with E-state index in [-0.39, 0.29) is 42.6 Å². The molecule has 0 saturated carbocycles. The Kier molecular flexibility index (Phi) is 8.35. The molecule has 0 bridgehead atoms. The van der Waals surface area contributed by atoms with E-state index in [0.29, 0.717) is 62.7 Å². The van der Waals surface area contributed by atoms with Gasteiger partial charge in [0, 0.05) is 50.3 Å². The van der Waals surface area contributed by atoms with Gasteiger partial charge in [-0.15, -0.1) is 0 Å². The molecule has 1 unspecified atom stereocenters. The van der Waals surface area contributed by atoms with Crippen LogP contribution in [0.15, 0.2) is 30.3 Å². The summed E-state index contributed by atoms with van der Waals surface area (Å²) in [7, 11) is 1.35. The van der Waals surface area contributed by atoms with Crippen LogP contribution in [0, 0.1) is 0 Å². The quantitative estimate of drug-likeness (QED) is 0.405. The van der Waals surface area contributed by atoms with Gasteiger partial charge in [-0.2, -0.15) is 13.2 Å². The molecule has 222 valence electrons. The van der Waals surface area contributed by atoms with E-state index in [0.717, 1.165) is 17.2 Å². The van der Waals surface area contributed by atoms with Crippen molar-refractivity contribution >= 4 is 12.1 Å². The second-order valence-electron chi connectivity index (χ2n) is 11.0. The number of halogens is 3. The zero-order valence-electron chi connectivity index (χ0n) is 23.5. The lowest BCUT2D eigenvalue weighted by atomic mass is 9.96.